The molecule has 0 aliphatic carbocycles. The average molecular weight is 157 g/mol. The predicted octanol–water partition coefficient (Wildman–Crippen LogP) is 0.439. The fourth-order valence-electron chi connectivity index (χ4n) is 1.44. The van der Waals surface area contributed by atoms with Gasteiger partial charge in [0.1, 0.15) is 12.2 Å². The molecule has 3 nitrogen and oxygen atoms in total. The lowest BCUT2D eigenvalue weighted by Crippen LogP contribution is -2.32. The van der Waals surface area contributed by atoms with E-state index < -0.39 is 12.4 Å². The van der Waals surface area contributed by atoms with Gasteiger partial charge in [-0.2, -0.15) is 0 Å². The standard InChI is InChI=1S/C8H12O3/c1-2-5-3-6-4-10-8(11-6)7(5)9/h3,6-9H,2,4H2,1H3/t6-,7-,8?/m0/s1/i1D. The van der Waals surface area contributed by atoms with E-state index in [0.717, 1.165) is 5.57 Å². The van der Waals surface area contributed by atoms with E-state index in [1.807, 2.05) is 6.08 Å². The topological polar surface area (TPSA) is 38.7 Å². The lowest BCUT2D eigenvalue weighted by atomic mass is 10.0. The summed E-state index contributed by atoms with van der Waals surface area (Å²) in [5.41, 5.74) is 0.892. The molecule has 62 valence electrons. The summed E-state index contributed by atoms with van der Waals surface area (Å²) in [7, 11) is 0. The molecule has 11 heavy (non-hydrogen) atoms. The molecule has 3 atom stereocenters. The van der Waals surface area contributed by atoms with Crippen molar-refractivity contribution in [3.8, 4) is 0 Å². The summed E-state index contributed by atoms with van der Waals surface area (Å²) in [6.45, 7) is 0.839. The third-order valence-corrected chi connectivity index (χ3v) is 2.06. The molecule has 1 N–H and O–H groups in total. The summed E-state index contributed by atoms with van der Waals surface area (Å²) in [4.78, 5) is 0. The Morgan fingerprint density at radius 1 is 1.91 bits per heavy atom. The summed E-state index contributed by atoms with van der Waals surface area (Å²) >= 11 is 0. The summed E-state index contributed by atoms with van der Waals surface area (Å²) in [5.74, 6) is 0. The first-order chi connectivity index (χ1) is 5.81. The molecule has 1 fully saturated rings. The fraction of sp³-hybridized carbons (Fsp3) is 0.750. The molecule has 0 saturated carbocycles. The molecule has 0 aromatic carbocycles. The highest BCUT2D eigenvalue weighted by Crippen LogP contribution is 2.27. The third-order valence-electron chi connectivity index (χ3n) is 2.06. The van der Waals surface area contributed by atoms with Crippen LogP contribution in [0.15, 0.2) is 11.6 Å². The predicted molar refractivity (Wildman–Crippen MR) is 39.0 cm³/mol. The molecule has 2 rings (SSSR count). The van der Waals surface area contributed by atoms with E-state index in [0.29, 0.717) is 19.9 Å². The molecule has 2 bridgehead atoms. The SMILES string of the molecule is [2H]CCC1=C[C@H]2COC(O2)[C@H]1O. The van der Waals surface area contributed by atoms with Crippen molar-refractivity contribution in [2.24, 2.45) is 0 Å². The Morgan fingerprint density at radius 3 is 3.64 bits per heavy atom. The van der Waals surface area contributed by atoms with Crippen LogP contribution in [0.5, 0.6) is 0 Å². The number of hydrogen-bond acceptors (Lipinski definition) is 3. The highest BCUT2D eigenvalue weighted by atomic mass is 16.7. The van der Waals surface area contributed by atoms with Gasteiger partial charge in [-0.3, -0.25) is 0 Å². The van der Waals surface area contributed by atoms with Gasteiger partial charge in [-0.05, 0) is 12.0 Å². The molecule has 0 spiro atoms. The monoisotopic (exact) mass is 157 g/mol. The maximum absolute atomic E-state index is 9.58. The first kappa shape index (κ1) is 6.17. The molecule has 0 aromatic rings. The molecule has 0 aromatic heterocycles. The average Bonchev–Trinajstić information content (AvgIpc) is 2.45. The van der Waals surface area contributed by atoms with E-state index in [2.05, 4.69) is 0 Å². The van der Waals surface area contributed by atoms with Gasteiger partial charge in [-0.15, -0.1) is 0 Å². The molecule has 0 amide bonds. The Kier molecular flexibility index (Phi) is 1.45. The van der Waals surface area contributed by atoms with E-state index in [-0.39, 0.29) is 6.10 Å². The van der Waals surface area contributed by atoms with Gasteiger partial charge < -0.3 is 14.6 Å². The Hall–Kier alpha value is -0.380. The number of fused-ring (bicyclic) bond motifs is 2. The van der Waals surface area contributed by atoms with E-state index in [9.17, 15) is 5.11 Å². The van der Waals surface area contributed by atoms with Crippen LogP contribution in [0.3, 0.4) is 0 Å². The Morgan fingerprint density at radius 2 is 2.82 bits per heavy atom. The summed E-state index contributed by atoms with van der Waals surface area (Å²) in [6, 6.07) is 0. The van der Waals surface area contributed by atoms with E-state index in [1.54, 1.807) is 0 Å². The smallest absolute Gasteiger partial charge is 0.188 e. The van der Waals surface area contributed by atoms with Crippen LogP contribution >= 0.6 is 0 Å². The Balaban J connectivity index is 2.11. The first-order valence-electron chi connectivity index (χ1n) is 4.47. The van der Waals surface area contributed by atoms with Gasteiger partial charge in [0.05, 0.1) is 6.61 Å². The first-order valence-corrected chi connectivity index (χ1v) is 3.76. The second-order valence-corrected chi connectivity index (χ2v) is 2.81. The van der Waals surface area contributed by atoms with Crippen LogP contribution in [0.4, 0.5) is 0 Å². The van der Waals surface area contributed by atoms with Crippen LogP contribution in [-0.2, 0) is 9.47 Å². The van der Waals surface area contributed by atoms with Crippen molar-refractivity contribution in [1.29, 1.82) is 0 Å². The van der Waals surface area contributed by atoms with Crippen LogP contribution in [0.2, 0.25) is 0 Å². The van der Waals surface area contributed by atoms with E-state index >= 15 is 0 Å². The second kappa shape index (κ2) is 2.59. The number of aliphatic hydroxyl groups excluding tert-OH is 1. The highest BCUT2D eigenvalue weighted by molar-refractivity contribution is 5.16. The van der Waals surface area contributed by atoms with Crippen molar-refractivity contribution in [1.82, 2.24) is 0 Å². The molecule has 3 heteroatoms. The van der Waals surface area contributed by atoms with Crippen molar-refractivity contribution in [3.63, 3.8) is 0 Å². The molecular formula is C8H12O3. The zero-order valence-electron chi connectivity index (χ0n) is 7.19. The van der Waals surface area contributed by atoms with Gasteiger partial charge in [0, 0.05) is 1.37 Å². The highest BCUT2D eigenvalue weighted by Gasteiger charge is 2.36. The molecule has 0 radical (unpaired) electrons. The molecule has 2 heterocycles. The molecule has 1 saturated heterocycles. The summed E-state index contributed by atoms with van der Waals surface area (Å²) in [6.07, 6.45) is 1.35. The Labute approximate surface area is 67.0 Å². The largest absolute Gasteiger partial charge is 0.383 e. The van der Waals surface area contributed by atoms with Crippen molar-refractivity contribution in [3.05, 3.63) is 11.6 Å². The van der Waals surface area contributed by atoms with Gasteiger partial charge in [0.25, 0.3) is 0 Å². The van der Waals surface area contributed by atoms with Gasteiger partial charge in [-0.1, -0.05) is 13.0 Å². The fourth-order valence-corrected chi connectivity index (χ4v) is 1.44. The number of hydrogen-bond donors (Lipinski definition) is 1. The summed E-state index contributed by atoms with van der Waals surface area (Å²) < 4.78 is 17.5. The van der Waals surface area contributed by atoms with Crippen LogP contribution in [0, 0.1) is 0 Å². The molecule has 1 unspecified atom stereocenters. The maximum atomic E-state index is 9.58. The van der Waals surface area contributed by atoms with Crippen LogP contribution in [0.1, 0.15) is 14.7 Å². The van der Waals surface area contributed by atoms with Gasteiger partial charge in [0.15, 0.2) is 6.29 Å². The van der Waals surface area contributed by atoms with Crippen molar-refractivity contribution >= 4 is 0 Å². The molecule has 2 aliphatic rings. The number of rotatable bonds is 1. The zero-order valence-corrected chi connectivity index (χ0v) is 6.19. The minimum atomic E-state index is -0.658. The normalized spacial score (nSPS) is 43.5. The zero-order chi connectivity index (χ0) is 8.55. The van der Waals surface area contributed by atoms with E-state index in [1.165, 1.54) is 0 Å². The Bertz CT molecular complexity index is 204. The minimum Gasteiger partial charge on any atom is -0.383 e. The quantitative estimate of drug-likeness (QED) is 0.561. The molecule has 2 aliphatic heterocycles. The molecular weight excluding hydrogens is 144 g/mol. The van der Waals surface area contributed by atoms with Crippen molar-refractivity contribution in [2.75, 3.05) is 6.61 Å². The third kappa shape index (κ3) is 1.09. The summed E-state index contributed by atoms with van der Waals surface area (Å²) in [5, 5.41) is 9.58. The van der Waals surface area contributed by atoms with Gasteiger partial charge in [-0.25, -0.2) is 0 Å². The number of aliphatic hydroxyl groups is 1. The van der Waals surface area contributed by atoms with E-state index in [4.69, 9.17) is 10.8 Å². The lowest BCUT2D eigenvalue weighted by molar-refractivity contribution is -0.120. The van der Waals surface area contributed by atoms with Crippen LogP contribution in [-0.4, -0.2) is 30.2 Å². The lowest BCUT2D eigenvalue weighted by Gasteiger charge is -2.23. The van der Waals surface area contributed by atoms with Crippen molar-refractivity contribution in [2.45, 2.75) is 31.8 Å². The van der Waals surface area contributed by atoms with Crippen LogP contribution < -0.4 is 0 Å². The minimum absolute atomic E-state index is 0.0000463. The maximum Gasteiger partial charge on any atom is 0.188 e. The van der Waals surface area contributed by atoms with Crippen LogP contribution in [0.25, 0.3) is 0 Å². The van der Waals surface area contributed by atoms with Crippen molar-refractivity contribution < 1.29 is 16.0 Å². The van der Waals surface area contributed by atoms with Gasteiger partial charge in [0.2, 0.25) is 0 Å². The second-order valence-electron chi connectivity index (χ2n) is 2.81. The number of ether oxygens (including phenoxy) is 2. The van der Waals surface area contributed by atoms with Gasteiger partial charge >= 0.3 is 0 Å².